The third-order valence-electron chi connectivity index (χ3n) is 1.91. The van der Waals surface area contributed by atoms with Crippen LogP contribution in [0.4, 0.5) is 5.13 Å². The Morgan fingerprint density at radius 3 is 2.71 bits per heavy atom. The molecule has 80 valence electrons. The van der Waals surface area contributed by atoms with Crippen molar-refractivity contribution in [2.24, 2.45) is 0 Å². The van der Waals surface area contributed by atoms with Crippen LogP contribution in [0, 0.1) is 13.8 Å². The molecule has 0 saturated carbocycles. The summed E-state index contributed by atoms with van der Waals surface area (Å²) in [5, 5.41) is 4.16. The summed E-state index contributed by atoms with van der Waals surface area (Å²) in [5.74, 6) is 0.519. The molecule has 0 radical (unpaired) electrons. The summed E-state index contributed by atoms with van der Waals surface area (Å²) in [7, 11) is 1.67. The van der Waals surface area contributed by atoms with Crippen molar-refractivity contribution in [3.8, 4) is 0 Å². The van der Waals surface area contributed by atoms with Crippen LogP contribution in [0.25, 0.3) is 0 Å². The van der Waals surface area contributed by atoms with Crippen molar-refractivity contribution in [1.29, 1.82) is 0 Å². The van der Waals surface area contributed by atoms with Crippen molar-refractivity contribution in [3.63, 3.8) is 0 Å². The Morgan fingerprint density at radius 1 is 1.57 bits per heavy atom. The van der Waals surface area contributed by atoms with Crippen LogP contribution in [-0.4, -0.2) is 30.6 Å². The highest BCUT2D eigenvalue weighted by molar-refractivity contribution is 7.15. The van der Waals surface area contributed by atoms with E-state index >= 15 is 0 Å². The van der Waals surface area contributed by atoms with Gasteiger partial charge in [0.15, 0.2) is 5.13 Å². The van der Waals surface area contributed by atoms with Gasteiger partial charge in [0.1, 0.15) is 0 Å². The van der Waals surface area contributed by atoms with Crippen molar-refractivity contribution in [2.75, 3.05) is 24.9 Å². The molecule has 0 bridgehead atoms. The Hall–Kier alpha value is -0.320. The van der Waals surface area contributed by atoms with Crippen LogP contribution in [0.3, 0.4) is 0 Å². The number of rotatable bonds is 5. The summed E-state index contributed by atoms with van der Waals surface area (Å²) in [6, 6.07) is 0.131. The lowest BCUT2D eigenvalue weighted by Gasteiger charge is -2.13. The van der Waals surface area contributed by atoms with Crippen LogP contribution in [0.5, 0.6) is 0 Å². The van der Waals surface area contributed by atoms with E-state index in [0.717, 1.165) is 10.8 Å². The van der Waals surface area contributed by atoms with Gasteiger partial charge in [0.25, 0.3) is 0 Å². The third-order valence-corrected chi connectivity index (χ3v) is 3.29. The van der Waals surface area contributed by atoms with E-state index < -0.39 is 0 Å². The SMILES string of the molecule is COCC(CCl)Nc1nc(C)c(C)s1. The molecule has 14 heavy (non-hydrogen) atoms. The quantitative estimate of drug-likeness (QED) is 0.795. The molecular weight excluding hydrogens is 220 g/mol. The van der Waals surface area contributed by atoms with E-state index in [1.165, 1.54) is 4.88 Å². The second-order valence-corrected chi connectivity index (χ2v) is 4.62. The van der Waals surface area contributed by atoms with Gasteiger partial charge < -0.3 is 10.1 Å². The lowest BCUT2D eigenvalue weighted by Crippen LogP contribution is -2.26. The molecule has 1 unspecified atom stereocenters. The van der Waals surface area contributed by atoms with E-state index in [9.17, 15) is 0 Å². The van der Waals surface area contributed by atoms with Crippen molar-refractivity contribution >= 4 is 28.1 Å². The number of hydrogen-bond donors (Lipinski definition) is 1. The van der Waals surface area contributed by atoms with Crippen molar-refractivity contribution in [1.82, 2.24) is 4.98 Å². The summed E-state index contributed by atoms with van der Waals surface area (Å²) >= 11 is 7.42. The number of hydrogen-bond acceptors (Lipinski definition) is 4. The first-order valence-corrected chi connectivity index (χ1v) is 5.78. The van der Waals surface area contributed by atoms with Gasteiger partial charge in [-0.3, -0.25) is 0 Å². The molecule has 0 fully saturated rings. The fourth-order valence-electron chi connectivity index (χ4n) is 1.04. The zero-order chi connectivity index (χ0) is 10.6. The van der Waals surface area contributed by atoms with E-state index in [2.05, 4.69) is 17.2 Å². The van der Waals surface area contributed by atoms with Gasteiger partial charge >= 0.3 is 0 Å². The standard InChI is InChI=1S/C9H15ClN2OS/c1-6-7(2)14-9(11-6)12-8(4-10)5-13-3/h8H,4-5H2,1-3H3,(H,11,12). The number of aromatic nitrogens is 1. The molecule has 0 saturated heterocycles. The van der Waals surface area contributed by atoms with Crippen molar-refractivity contribution in [2.45, 2.75) is 19.9 Å². The fraction of sp³-hybridized carbons (Fsp3) is 0.667. The van der Waals surface area contributed by atoms with E-state index in [-0.39, 0.29) is 6.04 Å². The molecule has 3 nitrogen and oxygen atoms in total. The topological polar surface area (TPSA) is 34.1 Å². The Kier molecular flexibility index (Phi) is 4.65. The second-order valence-electron chi connectivity index (χ2n) is 3.11. The molecule has 1 N–H and O–H groups in total. The summed E-state index contributed by atoms with van der Waals surface area (Å²) in [5.41, 5.74) is 1.07. The molecule has 1 aromatic rings. The predicted octanol–water partition coefficient (Wildman–Crippen LogP) is 2.43. The molecule has 1 aromatic heterocycles. The van der Waals surface area contributed by atoms with E-state index in [4.69, 9.17) is 16.3 Å². The summed E-state index contributed by atoms with van der Waals surface area (Å²) in [4.78, 5) is 5.61. The minimum atomic E-state index is 0.131. The van der Waals surface area contributed by atoms with Crippen LogP contribution < -0.4 is 5.32 Å². The molecule has 1 rings (SSSR count). The van der Waals surface area contributed by atoms with Gasteiger partial charge in [-0.25, -0.2) is 4.98 Å². The molecular formula is C9H15ClN2OS. The predicted molar refractivity (Wildman–Crippen MR) is 61.6 cm³/mol. The molecule has 0 amide bonds. The van der Waals surface area contributed by atoms with E-state index in [0.29, 0.717) is 12.5 Å². The van der Waals surface area contributed by atoms with Crippen LogP contribution in [0.2, 0.25) is 0 Å². The van der Waals surface area contributed by atoms with Crippen LogP contribution in [0.15, 0.2) is 0 Å². The number of methoxy groups -OCH3 is 1. The van der Waals surface area contributed by atoms with Gasteiger partial charge in [-0.05, 0) is 13.8 Å². The lowest BCUT2D eigenvalue weighted by atomic mass is 10.4. The highest BCUT2D eigenvalue weighted by atomic mass is 35.5. The van der Waals surface area contributed by atoms with E-state index in [1.54, 1.807) is 18.4 Å². The largest absolute Gasteiger partial charge is 0.383 e. The minimum absolute atomic E-state index is 0.131. The average Bonchev–Trinajstić information content (AvgIpc) is 2.45. The Labute approximate surface area is 93.4 Å². The Morgan fingerprint density at radius 2 is 2.29 bits per heavy atom. The smallest absolute Gasteiger partial charge is 0.183 e. The lowest BCUT2D eigenvalue weighted by molar-refractivity contribution is 0.191. The number of anilines is 1. The highest BCUT2D eigenvalue weighted by Gasteiger charge is 2.10. The second kappa shape index (κ2) is 5.53. The first-order valence-electron chi connectivity index (χ1n) is 4.42. The van der Waals surface area contributed by atoms with Crippen molar-refractivity contribution < 1.29 is 4.74 Å². The van der Waals surface area contributed by atoms with Gasteiger partial charge in [-0.2, -0.15) is 0 Å². The average molecular weight is 235 g/mol. The summed E-state index contributed by atoms with van der Waals surface area (Å²) in [6.07, 6.45) is 0. The number of alkyl halides is 1. The molecule has 0 spiro atoms. The van der Waals surface area contributed by atoms with E-state index in [1.807, 2.05) is 6.92 Å². The number of thiazole rings is 1. The monoisotopic (exact) mass is 234 g/mol. The number of nitrogens with one attached hydrogen (secondary N) is 1. The highest BCUT2D eigenvalue weighted by Crippen LogP contribution is 2.21. The zero-order valence-corrected chi connectivity index (χ0v) is 10.2. The zero-order valence-electron chi connectivity index (χ0n) is 8.63. The molecule has 1 atom stereocenters. The summed E-state index contributed by atoms with van der Waals surface area (Å²) < 4.78 is 5.03. The van der Waals surface area contributed by atoms with Gasteiger partial charge in [0.2, 0.25) is 0 Å². The number of nitrogens with zero attached hydrogens (tertiary/aromatic N) is 1. The number of ether oxygens (including phenoxy) is 1. The maximum Gasteiger partial charge on any atom is 0.183 e. The molecule has 1 heterocycles. The van der Waals surface area contributed by atoms with Gasteiger partial charge in [-0.15, -0.1) is 22.9 Å². The van der Waals surface area contributed by atoms with Gasteiger partial charge in [0.05, 0.1) is 18.3 Å². The fourth-order valence-corrected chi connectivity index (χ4v) is 2.09. The summed E-state index contributed by atoms with van der Waals surface area (Å²) in [6.45, 7) is 4.66. The van der Waals surface area contributed by atoms with Crippen LogP contribution >= 0.6 is 22.9 Å². The molecule has 5 heteroatoms. The molecule has 0 aliphatic carbocycles. The maximum absolute atomic E-state index is 5.78. The van der Waals surface area contributed by atoms with Crippen LogP contribution in [0.1, 0.15) is 10.6 Å². The molecule has 0 aliphatic rings. The minimum Gasteiger partial charge on any atom is -0.383 e. The third kappa shape index (κ3) is 3.12. The first-order chi connectivity index (χ1) is 6.67. The maximum atomic E-state index is 5.78. The van der Waals surface area contributed by atoms with Crippen molar-refractivity contribution in [3.05, 3.63) is 10.6 Å². The van der Waals surface area contributed by atoms with Gasteiger partial charge in [0, 0.05) is 17.9 Å². The number of aryl methyl sites for hydroxylation is 2. The Bertz CT molecular complexity index is 271. The molecule has 0 aliphatic heterocycles. The van der Waals surface area contributed by atoms with Crippen LogP contribution in [-0.2, 0) is 4.74 Å². The number of halogens is 1. The normalized spacial score (nSPS) is 12.9. The Balaban J connectivity index is 2.57. The van der Waals surface area contributed by atoms with Gasteiger partial charge in [-0.1, -0.05) is 0 Å². The first kappa shape index (κ1) is 11.8. The molecule has 0 aromatic carbocycles.